The molecule has 0 bridgehead atoms. The highest BCUT2D eigenvalue weighted by Gasteiger charge is 2.19. The highest BCUT2D eigenvalue weighted by atomic mass is 19.1. The number of ether oxygens (including phenoxy) is 1. The third-order valence-electron chi connectivity index (χ3n) is 6.22. The molecular weight excluding hydrogens is 472 g/mol. The summed E-state index contributed by atoms with van der Waals surface area (Å²) >= 11 is 0. The van der Waals surface area contributed by atoms with Gasteiger partial charge in [-0.25, -0.2) is 13.6 Å². The Morgan fingerprint density at radius 2 is 1.51 bits per heavy atom. The number of carbonyl (C=O) groups is 1. The predicted octanol–water partition coefficient (Wildman–Crippen LogP) is 7.23. The quantitative estimate of drug-likeness (QED) is 0.239. The summed E-state index contributed by atoms with van der Waals surface area (Å²) in [7, 11) is 0. The molecule has 5 nitrogen and oxygen atoms in total. The van der Waals surface area contributed by atoms with Crippen molar-refractivity contribution in [3.63, 3.8) is 0 Å². The molecular formula is C30H37F2N3O2. The van der Waals surface area contributed by atoms with E-state index in [9.17, 15) is 13.6 Å². The number of nitrogens with one attached hydrogen (secondary N) is 3. The van der Waals surface area contributed by atoms with Crippen LogP contribution in [0.25, 0.3) is 0 Å². The number of rotatable bonds is 11. The van der Waals surface area contributed by atoms with E-state index in [-0.39, 0.29) is 36.1 Å². The molecule has 3 aromatic carbocycles. The van der Waals surface area contributed by atoms with Crippen LogP contribution in [0.5, 0.6) is 0 Å². The molecule has 3 aromatic rings. The number of amides is 2. The molecule has 3 rings (SSSR count). The minimum Gasteiger partial charge on any atom is -0.359 e. The van der Waals surface area contributed by atoms with Gasteiger partial charge in [-0.15, -0.1) is 0 Å². The average Bonchev–Trinajstić information content (AvgIpc) is 2.86. The zero-order chi connectivity index (χ0) is 26.9. The number of para-hydroxylation sites is 1. The molecule has 2 unspecified atom stereocenters. The molecule has 0 aromatic heterocycles. The van der Waals surface area contributed by atoms with Crippen LogP contribution in [-0.2, 0) is 11.3 Å². The molecule has 2 amide bonds. The van der Waals surface area contributed by atoms with E-state index in [1.807, 2.05) is 55.5 Å². The minimum atomic E-state index is -0.646. The highest BCUT2D eigenvalue weighted by molar-refractivity contribution is 5.91. The van der Waals surface area contributed by atoms with Gasteiger partial charge in [-0.3, -0.25) is 5.32 Å². The largest absolute Gasteiger partial charge is 0.359 e. The Bertz CT molecular complexity index is 1140. The van der Waals surface area contributed by atoms with Crippen LogP contribution in [0.2, 0.25) is 0 Å². The lowest BCUT2D eigenvalue weighted by Gasteiger charge is -2.25. The van der Waals surface area contributed by atoms with E-state index in [2.05, 4.69) is 43.6 Å². The van der Waals surface area contributed by atoms with Gasteiger partial charge in [0, 0.05) is 23.9 Å². The summed E-state index contributed by atoms with van der Waals surface area (Å²) < 4.78 is 32.9. The van der Waals surface area contributed by atoms with Crippen molar-refractivity contribution < 1.29 is 18.3 Å². The van der Waals surface area contributed by atoms with E-state index in [1.54, 1.807) is 0 Å². The third-order valence-corrected chi connectivity index (χ3v) is 6.22. The highest BCUT2D eigenvalue weighted by Crippen LogP contribution is 2.32. The fourth-order valence-corrected chi connectivity index (χ4v) is 4.19. The van der Waals surface area contributed by atoms with E-state index in [0.29, 0.717) is 6.54 Å². The molecule has 0 saturated carbocycles. The van der Waals surface area contributed by atoms with Gasteiger partial charge in [-0.05, 0) is 41.5 Å². The van der Waals surface area contributed by atoms with Crippen LogP contribution >= 0.6 is 0 Å². The number of halogens is 2. The van der Waals surface area contributed by atoms with Gasteiger partial charge in [0.2, 0.25) is 0 Å². The Kier molecular flexibility index (Phi) is 10.2. The lowest BCUT2D eigenvalue weighted by Crippen LogP contribution is -2.41. The first-order valence-corrected chi connectivity index (χ1v) is 12.7. The summed E-state index contributed by atoms with van der Waals surface area (Å²) in [5.74, 6) is -0.751. The zero-order valence-corrected chi connectivity index (χ0v) is 22.1. The molecule has 198 valence electrons. The molecule has 2 atom stereocenters. The van der Waals surface area contributed by atoms with Crippen LogP contribution in [0.15, 0.2) is 66.7 Å². The molecule has 0 aliphatic carbocycles. The molecule has 0 heterocycles. The first-order valence-electron chi connectivity index (χ1n) is 12.7. The van der Waals surface area contributed by atoms with Crippen molar-refractivity contribution in [2.45, 2.75) is 65.3 Å². The SMILES string of the molecule is CC(NC(CNC(=O)Nc1c(C(C)C)cccc1C(C)C)c1ccccc1)OCc1ccc(F)cc1F. The van der Waals surface area contributed by atoms with E-state index < -0.39 is 17.9 Å². The lowest BCUT2D eigenvalue weighted by molar-refractivity contribution is 0.0209. The van der Waals surface area contributed by atoms with Gasteiger partial charge in [0.25, 0.3) is 0 Å². The lowest BCUT2D eigenvalue weighted by atomic mass is 9.93. The van der Waals surface area contributed by atoms with Gasteiger partial charge in [-0.2, -0.15) is 0 Å². The molecule has 0 saturated heterocycles. The molecule has 0 fully saturated rings. The zero-order valence-electron chi connectivity index (χ0n) is 22.1. The van der Waals surface area contributed by atoms with Crippen LogP contribution in [0.4, 0.5) is 19.3 Å². The fraction of sp³-hybridized carbons (Fsp3) is 0.367. The maximum Gasteiger partial charge on any atom is 0.319 e. The van der Waals surface area contributed by atoms with E-state index in [0.717, 1.165) is 28.4 Å². The van der Waals surface area contributed by atoms with E-state index in [1.165, 1.54) is 12.1 Å². The Hall–Kier alpha value is -3.29. The Balaban J connectivity index is 1.67. The van der Waals surface area contributed by atoms with E-state index >= 15 is 0 Å². The number of carbonyl (C=O) groups excluding carboxylic acids is 1. The van der Waals surface area contributed by atoms with Gasteiger partial charge >= 0.3 is 6.03 Å². The molecule has 0 spiro atoms. The van der Waals surface area contributed by atoms with Gasteiger partial charge in [-0.1, -0.05) is 82.3 Å². The smallest absolute Gasteiger partial charge is 0.319 e. The minimum absolute atomic E-state index is 0.0142. The number of hydrogen-bond acceptors (Lipinski definition) is 3. The molecule has 0 aliphatic heterocycles. The Morgan fingerprint density at radius 3 is 2.11 bits per heavy atom. The van der Waals surface area contributed by atoms with Gasteiger partial charge in [0.05, 0.1) is 12.6 Å². The van der Waals surface area contributed by atoms with Gasteiger partial charge in [0.1, 0.15) is 17.9 Å². The summed E-state index contributed by atoms with van der Waals surface area (Å²) in [4.78, 5) is 13.0. The summed E-state index contributed by atoms with van der Waals surface area (Å²) in [6, 6.07) is 18.7. The summed E-state index contributed by atoms with van der Waals surface area (Å²) in [5, 5.41) is 9.42. The number of urea groups is 1. The van der Waals surface area contributed by atoms with Crippen LogP contribution < -0.4 is 16.0 Å². The molecule has 37 heavy (non-hydrogen) atoms. The second kappa shape index (κ2) is 13.3. The second-order valence-corrected chi connectivity index (χ2v) is 9.77. The number of benzene rings is 3. The van der Waals surface area contributed by atoms with Crippen molar-refractivity contribution in [3.8, 4) is 0 Å². The summed E-state index contributed by atoms with van der Waals surface area (Å²) in [5.41, 5.74) is 4.28. The van der Waals surface area contributed by atoms with Gasteiger partial charge < -0.3 is 15.4 Å². The molecule has 0 aliphatic rings. The summed E-state index contributed by atoms with van der Waals surface area (Å²) in [6.07, 6.45) is -0.464. The standard InChI is InChI=1S/C30H37F2N3O2/c1-19(2)25-12-9-13-26(20(3)4)29(25)35-30(36)33-17-28(22-10-7-6-8-11-22)34-21(5)37-18-23-14-15-24(31)16-27(23)32/h6-16,19-21,28,34H,17-18H2,1-5H3,(H2,33,35,36). The fourth-order valence-electron chi connectivity index (χ4n) is 4.19. The average molecular weight is 510 g/mol. The van der Waals surface area contributed by atoms with Crippen molar-refractivity contribution in [1.29, 1.82) is 0 Å². The van der Waals surface area contributed by atoms with Crippen LogP contribution in [0, 0.1) is 11.6 Å². The van der Waals surface area contributed by atoms with Crippen molar-refractivity contribution in [2.24, 2.45) is 0 Å². The maximum absolute atomic E-state index is 14.0. The molecule has 0 radical (unpaired) electrons. The number of anilines is 1. The van der Waals surface area contributed by atoms with Crippen LogP contribution in [-0.4, -0.2) is 18.8 Å². The maximum atomic E-state index is 14.0. The van der Waals surface area contributed by atoms with Gasteiger partial charge in [0.15, 0.2) is 0 Å². The van der Waals surface area contributed by atoms with Crippen molar-refractivity contribution in [1.82, 2.24) is 10.6 Å². The van der Waals surface area contributed by atoms with Crippen molar-refractivity contribution >= 4 is 11.7 Å². The molecule has 3 N–H and O–H groups in total. The van der Waals surface area contributed by atoms with Crippen molar-refractivity contribution in [2.75, 3.05) is 11.9 Å². The van der Waals surface area contributed by atoms with Crippen molar-refractivity contribution in [3.05, 3.63) is 101 Å². The first-order chi connectivity index (χ1) is 17.7. The predicted molar refractivity (Wildman–Crippen MR) is 145 cm³/mol. The topological polar surface area (TPSA) is 62.4 Å². The third kappa shape index (κ3) is 8.10. The Labute approximate surface area is 218 Å². The van der Waals surface area contributed by atoms with Crippen LogP contribution in [0.1, 0.15) is 74.8 Å². The first kappa shape index (κ1) is 28.3. The normalized spacial score (nSPS) is 13.0. The van der Waals surface area contributed by atoms with E-state index in [4.69, 9.17) is 4.74 Å². The van der Waals surface area contributed by atoms with Crippen LogP contribution in [0.3, 0.4) is 0 Å². The monoisotopic (exact) mass is 509 g/mol. The molecule has 7 heteroatoms. The number of hydrogen-bond donors (Lipinski definition) is 3. The summed E-state index contributed by atoms with van der Waals surface area (Å²) in [6.45, 7) is 10.5. The second-order valence-electron chi connectivity index (χ2n) is 9.77. The Morgan fingerprint density at radius 1 is 0.865 bits per heavy atom.